The molecule has 2 amide bonds. The van der Waals surface area contributed by atoms with Gasteiger partial charge in [-0.2, -0.15) is 0 Å². The molecule has 1 heterocycles. The summed E-state index contributed by atoms with van der Waals surface area (Å²) in [6.45, 7) is -0.434. The average molecular weight is 425 g/mol. The molecule has 2 aromatic rings. The normalized spacial score (nSPS) is 16.2. The number of benzene rings is 2. The molecule has 2 aromatic carbocycles. The summed E-state index contributed by atoms with van der Waals surface area (Å²) in [7, 11) is 0. The van der Waals surface area contributed by atoms with Crippen molar-refractivity contribution in [2.45, 2.75) is 6.42 Å². The van der Waals surface area contributed by atoms with Crippen LogP contribution in [0.15, 0.2) is 42.5 Å². The van der Waals surface area contributed by atoms with Gasteiger partial charge in [-0.25, -0.2) is 4.39 Å². The van der Waals surface area contributed by atoms with E-state index in [9.17, 15) is 18.8 Å². The lowest BCUT2D eigenvalue weighted by molar-refractivity contribution is -0.151. The van der Waals surface area contributed by atoms with E-state index in [0.29, 0.717) is 16.4 Å². The van der Waals surface area contributed by atoms with Crippen LogP contribution in [0.5, 0.6) is 0 Å². The lowest BCUT2D eigenvalue weighted by Crippen LogP contribution is -2.28. The van der Waals surface area contributed by atoms with E-state index in [1.54, 1.807) is 18.2 Å². The zero-order valence-electron chi connectivity index (χ0n) is 14.5. The van der Waals surface area contributed by atoms with Crippen molar-refractivity contribution >= 4 is 52.4 Å². The quantitative estimate of drug-likeness (QED) is 0.742. The minimum atomic E-state index is -0.721. The zero-order chi connectivity index (χ0) is 20.3. The molecule has 1 atom stereocenters. The number of anilines is 2. The molecule has 1 aliphatic rings. The Labute approximate surface area is 170 Å². The highest BCUT2D eigenvalue weighted by Crippen LogP contribution is 2.35. The first-order valence-electron chi connectivity index (χ1n) is 8.31. The Morgan fingerprint density at radius 2 is 1.89 bits per heavy atom. The number of nitrogens with one attached hydrogen (secondary N) is 1. The second-order valence-corrected chi connectivity index (χ2v) is 6.93. The van der Waals surface area contributed by atoms with Gasteiger partial charge in [0.25, 0.3) is 5.91 Å². The number of esters is 1. The Morgan fingerprint density at radius 1 is 1.18 bits per heavy atom. The number of rotatable bonds is 5. The first-order valence-corrected chi connectivity index (χ1v) is 9.07. The summed E-state index contributed by atoms with van der Waals surface area (Å²) in [5.41, 5.74) is 0.795. The Hall–Kier alpha value is -2.64. The standard InChI is InChI=1S/C19H15Cl2FN2O4/c20-14-2-1-3-15(18(14)21)24-9-11(8-17(24)26)19(27)28-10-16(25)23-13-6-4-12(22)5-7-13/h1-7,11H,8-10H2,(H,23,25)/t11-/m1/s1. The summed E-state index contributed by atoms with van der Waals surface area (Å²) in [6.07, 6.45) is -0.0543. The lowest BCUT2D eigenvalue weighted by atomic mass is 10.1. The molecule has 6 nitrogen and oxygen atoms in total. The van der Waals surface area contributed by atoms with Crippen molar-refractivity contribution < 1.29 is 23.5 Å². The lowest BCUT2D eigenvalue weighted by Gasteiger charge is -2.18. The molecule has 146 valence electrons. The molecule has 0 spiro atoms. The number of carbonyl (C=O) groups is 3. The van der Waals surface area contributed by atoms with Gasteiger partial charge in [0.15, 0.2) is 6.61 Å². The first-order chi connectivity index (χ1) is 13.3. The smallest absolute Gasteiger partial charge is 0.311 e. The van der Waals surface area contributed by atoms with Crippen LogP contribution < -0.4 is 10.2 Å². The van der Waals surface area contributed by atoms with Crippen LogP contribution >= 0.6 is 23.2 Å². The molecule has 3 rings (SSSR count). The minimum absolute atomic E-state index is 0.0543. The molecular weight excluding hydrogens is 410 g/mol. The highest BCUT2D eigenvalue weighted by atomic mass is 35.5. The van der Waals surface area contributed by atoms with Gasteiger partial charge in [0.1, 0.15) is 5.82 Å². The molecular formula is C19H15Cl2FN2O4. The molecule has 1 N–H and O–H groups in total. The van der Waals surface area contributed by atoms with E-state index in [0.717, 1.165) is 0 Å². The van der Waals surface area contributed by atoms with Gasteiger partial charge in [0, 0.05) is 18.7 Å². The van der Waals surface area contributed by atoms with Gasteiger partial charge in [0.2, 0.25) is 5.91 Å². The van der Waals surface area contributed by atoms with E-state index in [4.69, 9.17) is 27.9 Å². The van der Waals surface area contributed by atoms with Gasteiger partial charge < -0.3 is 15.0 Å². The van der Waals surface area contributed by atoms with Crippen LogP contribution in [0.3, 0.4) is 0 Å². The number of halogens is 3. The zero-order valence-corrected chi connectivity index (χ0v) is 16.0. The maximum absolute atomic E-state index is 12.9. The summed E-state index contributed by atoms with van der Waals surface area (Å²) in [6, 6.07) is 10.1. The van der Waals surface area contributed by atoms with Crippen molar-refractivity contribution in [3.05, 3.63) is 58.3 Å². The van der Waals surface area contributed by atoms with Gasteiger partial charge in [0.05, 0.1) is 21.7 Å². The largest absolute Gasteiger partial charge is 0.455 e. The third kappa shape index (κ3) is 4.61. The first kappa shape index (κ1) is 20.1. The van der Waals surface area contributed by atoms with Gasteiger partial charge >= 0.3 is 5.97 Å². The van der Waals surface area contributed by atoms with Crippen LogP contribution in [0, 0.1) is 11.7 Å². The number of nitrogens with zero attached hydrogens (tertiary/aromatic N) is 1. The molecule has 0 aromatic heterocycles. The van der Waals surface area contributed by atoms with E-state index >= 15 is 0 Å². The van der Waals surface area contributed by atoms with Gasteiger partial charge in [-0.3, -0.25) is 14.4 Å². The van der Waals surface area contributed by atoms with Crippen LogP contribution in [0.2, 0.25) is 10.0 Å². The number of ether oxygens (including phenoxy) is 1. The van der Waals surface area contributed by atoms with Crippen molar-refractivity contribution in [3.63, 3.8) is 0 Å². The topological polar surface area (TPSA) is 75.7 Å². The summed E-state index contributed by atoms with van der Waals surface area (Å²) in [4.78, 5) is 37.7. The molecule has 1 saturated heterocycles. The second kappa shape index (κ2) is 8.58. The van der Waals surface area contributed by atoms with Gasteiger partial charge in [-0.05, 0) is 36.4 Å². The Balaban J connectivity index is 1.55. The van der Waals surface area contributed by atoms with Crippen molar-refractivity contribution in [2.75, 3.05) is 23.4 Å². The fourth-order valence-corrected chi connectivity index (χ4v) is 3.18. The number of amides is 2. The van der Waals surface area contributed by atoms with E-state index in [2.05, 4.69) is 5.32 Å². The molecule has 0 bridgehead atoms. The predicted molar refractivity (Wildman–Crippen MR) is 103 cm³/mol. The fraction of sp³-hybridized carbons (Fsp3) is 0.211. The molecule has 0 aliphatic carbocycles. The van der Waals surface area contributed by atoms with Crippen molar-refractivity contribution in [1.82, 2.24) is 0 Å². The number of hydrogen-bond donors (Lipinski definition) is 1. The second-order valence-electron chi connectivity index (χ2n) is 6.14. The van der Waals surface area contributed by atoms with Crippen molar-refractivity contribution in [1.29, 1.82) is 0 Å². The molecule has 1 aliphatic heterocycles. The van der Waals surface area contributed by atoms with Crippen LogP contribution in [-0.4, -0.2) is 30.9 Å². The SMILES string of the molecule is O=C(COC(=O)[C@@H]1CC(=O)N(c2cccc(Cl)c2Cl)C1)Nc1ccc(F)cc1. The highest BCUT2D eigenvalue weighted by Gasteiger charge is 2.37. The van der Waals surface area contributed by atoms with Crippen LogP contribution in [0.4, 0.5) is 15.8 Å². The molecule has 0 saturated carbocycles. The summed E-state index contributed by atoms with van der Waals surface area (Å²) in [5, 5.41) is 3.01. The van der Waals surface area contributed by atoms with Crippen molar-refractivity contribution in [3.8, 4) is 0 Å². The summed E-state index contributed by atoms with van der Waals surface area (Å²) < 4.78 is 17.9. The Morgan fingerprint density at radius 3 is 2.61 bits per heavy atom. The summed E-state index contributed by atoms with van der Waals surface area (Å²) >= 11 is 12.1. The highest BCUT2D eigenvalue weighted by molar-refractivity contribution is 6.44. The van der Waals surface area contributed by atoms with Gasteiger partial charge in [-0.1, -0.05) is 29.3 Å². The van der Waals surface area contributed by atoms with E-state index in [-0.39, 0.29) is 23.9 Å². The fourth-order valence-electron chi connectivity index (χ4n) is 2.78. The molecule has 0 unspecified atom stereocenters. The van der Waals surface area contributed by atoms with Crippen LogP contribution in [-0.2, 0) is 19.1 Å². The predicted octanol–water partition coefficient (Wildman–Crippen LogP) is 3.67. The summed E-state index contributed by atoms with van der Waals surface area (Å²) in [5.74, 6) is -2.68. The minimum Gasteiger partial charge on any atom is -0.455 e. The monoisotopic (exact) mass is 424 g/mol. The van der Waals surface area contributed by atoms with Crippen LogP contribution in [0.25, 0.3) is 0 Å². The van der Waals surface area contributed by atoms with Crippen molar-refractivity contribution in [2.24, 2.45) is 5.92 Å². The van der Waals surface area contributed by atoms with Crippen LogP contribution in [0.1, 0.15) is 6.42 Å². The van der Waals surface area contributed by atoms with E-state index < -0.39 is 30.2 Å². The average Bonchev–Trinajstić information content (AvgIpc) is 3.05. The molecule has 28 heavy (non-hydrogen) atoms. The molecule has 1 fully saturated rings. The van der Waals surface area contributed by atoms with Gasteiger partial charge in [-0.15, -0.1) is 0 Å². The third-order valence-corrected chi connectivity index (χ3v) is 4.96. The molecule has 9 heteroatoms. The van der Waals surface area contributed by atoms with E-state index in [1.807, 2.05) is 0 Å². The van der Waals surface area contributed by atoms with E-state index in [1.165, 1.54) is 29.2 Å². The molecule has 0 radical (unpaired) electrons. The maximum atomic E-state index is 12.9. The maximum Gasteiger partial charge on any atom is 0.311 e. The number of carbonyl (C=O) groups excluding carboxylic acids is 3. The number of hydrogen-bond acceptors (Lipinski definition) is 4. The Kier molecular flexibility index (Phi) is 6.16. The third-order valence-electron chi connectivity index (χ3n) is 4.15. The Bertz CT molecular complexity index is 921.